The van der Waals surface area contributed by atoms with E-state index in [2.05, 4.69) is 4.98 Å². The first kappa shape index (κ1) is 26.4. The van der Waals surface area contributed by atoms with E-state index in [0.717, 1.165) is 17.8 Å². The SMILES string of the molecule is CCCOc1ccc(C(O)=C2C(=O)C(=O)N(c3nc(C)c(C(=O)OC)s3)[C@H]2c2cccc(Cl)c2)c(C)c1. The van der Waals surface area contributed by atoms with Gasteiger partial charge in [-0.25, -0.2) is 9.78 Å². The number of aryl methyl sites for hydroxylation is 2. The number of benzene rings is 2. The van der Waals surface area contributed by atoms with Gasteiger partial charge in [0.25, 0.3) is 5.78 Å². The highest BCUT2D eigenvalue weighted by Gasteiger charge is 2.48. The van der Waals surface area contributed by atoms with Gasteiger partial charge in [-0.15, -0.1) is 0 Å². The molecule has 2 heterocycles. The number of anilines is 1. The molecule has 0 aliphatic carbocycles. The first-order valence-corrected chi connectivity index (χ1v) is 12.7. The summed E-state index contributed by atoms with van der Waals surface area (Å²) in [5.74, 6) is -2.04. The summed E-state index contributed by atoms with van der Waals surface area (Å²) in [7, 11) is 1.25. The summed E-state index contributed by atoms with van der Waals surface area (Å²) in [5, 5.41) is 11.9. The second-order valence-electron chi connectivity index (χ2n) is 8.45. The molecular weight excluding hydrogens is 516 g/mol. The first-order chi connectivity index (χ1) is 17.7. The van der Waals surface area contributed by atoms with Gasteiger partial charge >= 0.3 is 11.9 Å². The third-order valence-electron chi connectivity index (χ3n) is 5.90. The maximum atomic E-state index is 13.4. The van der Waals surface area contributed by atoms with E-state index in [0.29, 0.717) is 39.8 Å². The van der Waals surface area contributed by atoms with E-state index < -0.39 is 23.7 Å². The molecule has 3 aromatic rings. The normalized spacial score (nSPS) is 16.8. The Kier molecular flexibility index (Phi) is 7.65. The minimum absolute atomic E-state index is 0.106. The molecule has 1 atom stereocenters. The van der Waals surface area contributed by atoms with Gasteiger partial charge in [0.1, 0.15) is 16.4 Å². The Bertz CT molecular complexity index is 1430. The summed E-state index contributed by atoms with van der Waals surface area (Å²) in [6, 6.07) is 10.8. The summed E-state index contributed by atoms with van der Waals surface area (Å²) in [6.45, 7) is 5.94. The van der Waals surface area contributed by atoms with Crippen LogP contribution >= 0.6 is 22.9 Å². The van der Waals surface area contributed by atoms with E-state index in [9.17, 15) is 19.5 Å². The predicted molar refractivity (Wildman–Crippen MR) is 141 cm³/mol. The van der Waals surface area contributed by atoms with E-state index in [-0.39, 0.29) is 21.3 Å². The van der Waals surface area contributed by atoms with Crippen molar-refractivity contribution in [3.05, 3.63) is 80.3 Å². The van der Waals surface area contributed by atoms with Crippen LogP contribution in [-0.4, -0.2) is 41.5 Å². The van der Waals surface area contributed by atoms with Crippen LogP contribution in [0.25, 0.3) is 5.76 Å². The Labute approximate surface area is 223 Å². The van der Waals surface area contributed by atoms with Gasteiger partial charge in [0.15, 0.2) is 5.13 Å². The van der Waals surface area contributed by atoms with Gasteiger partial charge in [-0.2, -0.15) is 0 Å². The molecule has 8 nitrogen and oxygen atoms in total. The van der Waals surface area contributed by atoms with Crippen molar-refractivity contribution < 1.29 is 29.0 Å². The second-order valence-corrected chi connectivity index (χ2v) is 9.87. The van der Waals surface area contributed by atoms with E-state index in [1.807, 2.05) is 6.92 Å². The molecule has 1 amide bonds. The van der Waals surface area contributed by atoms with Crippen molar-refractivity contribution in [2.75, 3.05) is 18.6 Å². The molecule has 0 unspecified atom stereocenters. The molecule has 0 bridgehead atoms. The quantitative estimate of drug-likeness (QED) is 0.179. The number of ketones is 1. The highest BCUT2D eigenvalue weighted by atomic mass is 35.5. The number of aliphatic hydroxyl groups is 1. The number of halogens is 1. The van der Waals surface area contributed by atoms with Gasteiger partial charge in [-0.1, -0.05) is 42.0 Å². The lowest BCUT2D eigenvalue weighted by molar-refractivity contribution is -0.132. The number of Topliss-reactive ketones (excluding diaryl/α,β-unsaturated/α-hetero) is 1. The highest BCUT2D eigenvalue weighted by Crippen LogP contribution is 2.44. The second kappa shape index (κ2) is 10.7. The number of amides is 1. The Morgan fingerprint density at radius 3 is 2.59 bits per heavy atom. The minimum Gasteiger partial charge on any atom is -0.507 e. The van der Waals surface area contributed by atoms with Crippen LogP contribution in [-0.2, 0) is 14.3 Å². The average Bonchev–Trinajstić information content (AvgIpc) is 3.38. The maximum absolute atomic E-state index is 13.4. The van der Waals surface area contributed by atoms with Crippen molar-refractivity contribution in [1.29, 1.82) is 0 Å². The number of methoxy groups -OCH3 is 1. The van der Waals surface area contributed by atoms with Crippen molar-refractivity contribution in [1.82, 2.24) is 4.98 Å². The Morgan fingerprint density at radius 2 is 1.95 bits per heavy atom. The largest absolute Gasteiger partial charge is 0.507 e. The van der Waals surface area contributed by atoms with Crippen LogP contribution in [0.5, 0.6) is 5.75 Å². The number of carbonyl (C=O) groups excluding carboxylic acids is 3. The summed E-state index contributed by atoms with van der Waals surface area (Å²) >= 11 is 7.19. The number of thiazole rings is 1. The number of hydrogen-bond donors (Lipinski definition) is 1. The van der Waals surface area contributed by atoms with Crippen LogP contribution in [0, 0.1) is 13.8 Å². The number of aliphatic hydroxyl groups excluding tert-OH is 1. The fraction of sp³-hybridized carbons (Fsp3) is 0.259. The molecule has 1 aliphatic heterocycles. The number of esters is 1. The van der Waals surface area contributed by atoms with E-state index in [4.69, 9.17) is 21.1 Å². The van der Waals surface area contributed by atoms with Crippen LogP contribution in [0.3, 0.4) is 0 Å². The summed E-state index contributed by atoms with van der Waals surface area (Å²) in [4.78, 5) is 44.7. The Morgan fingerprint density at radius 1 is 1.19 bits per heavy atom. The number of nitrogens with zero attached hydrogens (tertiary/aromatic N) is 2. The van der Waals surface area contributed by atoms with Crippen molar-refractivity contribution in [2.45, 2.75) is 33.2 Å². The summed E-state index contributed by atoms with van der Waals surface area (Å²) < 4.78 is 10.5. The smallest absolute Gasteiger partial charge is 0.350 e. The Balaban J connectivity index is 1.90. The average molecular weight is 541 g/mol. The molecule has 192 valence electrons. The minimum atomic E-state index is -1.02. The zero-order valence-corrected chi connectivity index (χ0v) is 22.3. The zero-order chi connectivity index (χ0) is 26.9. The zero-order valence-electron chi connectivity index (χ0n) is 20.7. The summed E-state index contributed by atoms with van der Waals surface area (Å²) in [5.41, 5.74) is 1.81. The van der Waals surface area contributed by atoms with Crippen LogP contribution in [0.15, 0.2) is 48.0 Å². The lowest BCUT2D eigenvalue weighted by Gasteiger charge is -2.23. The van der Waals surface area contributed by atoms with E-state index >= 15 is 0 Å². The van der Waals surface area contributed by atoms with E-state index in [1.165, 1.54) is 12.0 Å². The molecule has 1 aromatic heterocycles. The molecule has 4 rings (SSSR count). The third-order valence-corrected chi connectivity index (χ3v) is 7.27. The molecular formula is C27H25ClN2O6S. The molecule has 37 heavy (non-hydrogen) atoms. The van der Waals surface area contributed by atoms with Gasteiger partial charge in [-0.05, 0) is 61.7 Å². The van der Waals surface area contributed by atoms with Crippen LogP contribution < -0.4 is 9.64 Å². The standard InChI is InChI=1S/C27H25ClN2O6S/c1-5-11-36-18-9-10-19(14(2)12-18)22(31)20-21(16-7-6-8-17(28)13-16)30(25(33)23(20)32)27-29-15(3)24(37-27)26(34)35-4/h6-10,12-13,21,31H,5,11H2,1-4H3/t21-/m0/s1. The summed E-state index contributed by atoms with van der Waals surface area (Å²) in [6.07, 6.45) is 0.845. The van der Waals surface area contributed by atoms with Crippen LogP contribution in [0.1, 0.15) is 51.4 Å². The van der Waals surface area contributed by atoms with Gasteiger partial charge in [0, 0.05) is 10.6 Å². The molecule has 2 aromatic carbocycles. The maximum Gasteiger partial charge on any atom is 0.350 e. The Hall–Kier alpha value is -3.69. The molecule has 10 heteroatoms. The van der Waals surface area contributed by atoms with Crippen LogP contribution in [0.4, 0.5) is 5.13 Å². The van der Waals surface area contributed by atoms with Gasteiger partial charge in [0.05, 0.1) is 31.0 Å². The number of ether oxygens (including phenoxy) is 2. The molecule has 1 saturated heterocycles. The monoisotopic (exact) mass is 540 g/mol. The van der Waals surface area contributed by atoms with Crippen molar-refractivity contribution >= 4 is 51.5 Å². The van der Waals surface area contributed by atoms with Crippen LogP contribution in [0.2, 0.25) is 5.02 Å². The molecule has 0 saturated carbocycles. The van der Waals surface area contributed by atoms with Crippen molar-refractivity contribution in [3.8, 4) is 5.75 Å². The molecule has 0 spiro atoms. The van der Waals surface area contributed by atoms with Crippen molar-refractivity contribution in [2.24, 2.45) is 0 Å². The number of carbonyl (C=O) groups is 3. The molecule has 0 radical (unpaired) electrons. The molecule has 1 fully saturated rings. The molecule has 1 aliphatic rings. The first-order valence-electron chi connectivity index (χ1n) is 11.5. The fourth-order valence-electron chi connectivity index (χ4n) is 4.15. The van der Waals surface area contributed by atoms with Gasteiger partial charge in [0.2, 0.25) is 0 Å². The number of aromatic nitrogens is 1. The lowest BCUT2D eigenvalue weighted by atomic mass is 9.94. The lowest BCUT2D eigenvalue weighted by Crippen LogP contribution is -2.29. The van der Waals surface area contributed by atoms with Gasteiger partial charge < -0.3 is 14.6 Å². The fourth-order valence-corrected chi connectivity index (χ4v) is 5.36. The number of rotatable bonds is 7. The van der Waals surface area contributed by atoms with Crippen molar-refractivity contribution in [3.63, 3.8) is 0 Å². The van der Waals surface area contributed by atoms with E-state index in [1.54, 1.807) is 56.3 Å². The topological polar surface area (TPSA) is 106 Å². The molecule has 1 N–H and O–H groups in total. The third kappa shape index (κ3) is 4.97. The van der Waals surface area contributed by atoms with Gasteiger partial charge in [-0.3, -0.25) is 14.5 Å². The highest BCUT2D eigenvalue weighted by molar-refractivity contribution is 7.17. The number of hydrogen-bond acceptors (Lipinski definition) is 8. The predicted octanol–water partition coefficient (Wildman–Crippen LogP) is 5.62.